The molecule has 1 aliphatic rings. The maximum absolute atomic E-state index is 12.6. The topological polar surface area (TPSA) is 74.2 Å². The molecule has 2 aromatic rings. The number of rotatable bonds is 7. The molecule has 150 valence electrons. The quantitative estimate of drug-likeness (QED) is 0.246. The second-order valence-electron chi connectivity index (χ2n) is 6.09. The summed E-state index contributed by atoms with van der Waals surface area (Å²) in [6, 6.07) is 13.3. The summed E-state index contributed by atoms with van der Waals surface area (Å²) in [5.74, 6) is -0.160. The van der Waals surface area contributed by atoms with Gasteiger partial charge in [0.05, 0.1) is 5.71 Å². The lowest BCUT2D eigenvalue weighted by molar-refractivity contribution is -0.109. The van der Waals surface area contributed by atoms with Gasteiger partial charge in [0, 0.05) is 13.0 Å². The first-order valence-corrected chi connectivity index (χ1v) is 8.67. The van der Waals surface area contributed by atoms with Crippen molar-refractivity contribution in [3.05, 3.63) is 71.0 Å². The minimum Gasteiger partial charge on any atom is -0.411 e. The Hall–Kier alpha value is -2.87. The van der Waals surface area contributed by atoms with E-state index >= 15 is 0 Å². The average molecular weight is 394 g/mol. The van der Waals surface area contributed by atoms with E-state index < -0.39 is 12.2 Å². The molecule has 1 unspecified atom stereocenters. The van der Waals surface area contributed by atoms with Crippen LogP contribution in [0, 0.1) is 5.82 Å². The molecule has 1 amide bonds. The molecular formula is C20H21F3N2O3. The largest absolute Gasteiger partial charge is 0.411 e. The highest BCUT2D eigenvalue weighted by Gasteiger charge is 2.59. The molecule has 3 rings (SSSR count). The fourth-order valence-electron chi connectivity index (χ4n) is 2.40. The number of aryl methyl sites for hydroxylation is 1. The van der Waals surface area contributed by atoms with Crippen LogP contribution in [0.2, 0.25) is 0 Å². The number of carbonyl (C=O) groups excluding carboxylic acids is 1. The van der Waals surface area contributed by atoms with E-state index in [1.54, 1.807) is 36.4 Å². The number of benzene rings is 2. The van der Waals surface area contributed by atoms with E-state index in [1.165, 1.54) is 17.7 Å². The lowest BCUT2D eigenvalue weighted by Crippen LogP contribution is -2.11. The normalized spacial score (nSPS) is 17.3. The molecule has 2 aromatic carbocycles. The van der Waals surface area contributed by atoms with Crippen LogP contribution in [0.4, 0.5) is 13.2 Å². The molecule has 0 saturated carbocycles. The predicted octanol–water partition coefficient (Wildman–Crippen LogP) is 3.88. The van der Waals surface area contributed by atoms with E-state index in [-0.39, 0.29) is 17.9 Å². The van der Waals surface area contributed by atoms with E-state index in [0.29, 0.717) is 18.5 Å². The smallest absolute Gasteiger partial charge is 0.383 e. The zero-order valence-corrected chi connectivity index (χ0v) is 15.2. The molecule has 1 aliphatic heterocycles. The van der Waals surface area contributed by atoms with Crippen LogP contribution in [0.3, 0.4) is 0 Å². The zero-order chi connectivity index (χ0) is 20.6. The second kappa shape index (κ2) is 9.89. The number of epoxide rings is 1. The SMILES string of the molecule is CCc1ccc(F)cc1.O=CNCc1ccc(/C(CC2OC2(F)F)=N/O)cc1. The lowest BCUT2D eigenvalue weighted by atomic mass is 10.0. The monoisotopic (exact) mass is 394 g/mol. The Kier molecular flexibility index (Phi) is 7.57. The second-order valence-corrected chi connectivity index (χ2v) is 6.09. The van der Waals surface area contributed by atoms with Gasteiger partial charge < -0.3 is 15.3 Å². The van der Waals surface area contributed by atoms with Gasteiger partial charge in [-0.1, -0.05) is 48.5 Å². The van der Waals surface area contributed by atoms with Gasteiger partial charge in [0.15, 0.2) is 6.10 Å². The number of nitrogens with one attached hydrogen (secondary N) is 1. The van der Waals surface area contributed by atoms with Gasteiger partial charge in [-0.2, -0.15) is 8.78 Å². The predicted molar refractivity (Wildman–Crippen MR) is 97.9 cm³/mol. The molecule has 1 fully saturated rings. The number of alkyl halides is 2. The van der Waals surface area contributed by atoms with Gasteiger partial charge >= 0.3 is 6.11 Å². The highest BCUT2D eigenvalue weighted by atomic mass is 19.3. The highest BCUT2D eigenvalue weighted by molar-refractivity contribution is 6.00. The molecule has 28 heavy (non-hydrogen) atoms. The number of carbonyl (C=O) groups is 1. The van der Waals surface area contributed by atoms with Crippen LogP contribution in [0.5, 0.6) is 0 Å². The average Bonchev–Trinajstić information content (AvgIpc) is 3.32. The molecule has 2 N–H and O–H groups in total. The summed E-state index contributed by atoms with van der Waals surface area (Å²) in [5.41, 5.74) is 2.69. The molecule has 0 aromatic heterocycles. The van der Waals surface area contributed by atoms with Crippen molar-refractivity contribution in [2.24, 2.45) is 5.16 Å². The fourth-order valence-corrected chi connectivity index (χ4v) is 2.40. The van der Waals surface area contributed by atoms with Gasteiger partial charge in [0.25, 0.3) is 0 Å². The van der Waals surface area contributed by atoms with Crippen molar-refractivity contribution in [2.75, 3.05) is 0 Å². The summed E-state index contributed by atoms with van der Waals surface area (Å²) < 4.78 is 41.6. The molecule has 0 bridgehead atoms. The summed E-state index contributed by atoms with van der Waals surface area (Å²) in [7, 11) is 0. The van der Waals surface area contributed by atoms with Crippen LogP contribution in [-0.4, -0.2) is 29.5 Å². The van der Waals surface area contributed by atoms with Crippen molar-refractivity contribution < 1.29 is 27.9 Å². The summed E-state index contributed by atoms with van der Waals surface area (Å²) in [4.78, 5) is 10.1. The van der Waals surface area contributed by atoms with E-state index in [4.69, 9.17) is 5.21 Å². The minimum absolute atomic E-state index is 0.136. The van der Waals surface area contributed by atoms with Gasteiger partial charge in [-0.3, -0.25) is 4.79 Å². The molecule has 0 aliphatic carbocycles. The van der Waals surface area contributed by atoms with Crippen molar-refractivity contribution in [2.45, 2.75) is 38.5 Å². The van der Waals surface area contributed by atoms with E-state index in [2.05, 4.69) is 15.2 Å². The van der Waals surface area contributed by atoms with Crippen molar-refractivity contribution >= 4 is 12.1 Å². The van der Waals surface area contributed by atoms with E-state index in [0.717, 1.165) is 12.0 Å². The van der Waals surface area contributed by atoms with Crippen molar-refractivity contribution in [1.29, 1.82) is 0 Å². The van der Waals surface area contributed by atoms with Crippen LogP contribution in [0.15, 0.2) is 53.7 Å². The number of hydrogen-bond donors (Lipinski definition) is 2. The van der Waals surface area contributed by atoms with Crippen LogP contribution < -0.4 is 5.32 Å². The fraction of sp³-hybridized carbons (Fsp3) is 0.300. The molecule has 8 heteroatoms. The highest BCUT2D eigenvalue weighted by Crippen LogP contribution is 2.42. The Morgan fingerprint density at radius 1 is 1.18 bits per heavy atom. The van der Waals surface area contributed by atoms with Gasteiger partial charge in [-0.05, 0) is 35.2 Å². The van der Waals surface area contributed by atoms with Crippen molar-refractivity contribution in [1.82, 2.24) is 5.32 Å². The number of hydrogen-bond acceptors (Lipinski definition) is 4. The molecule has 0 spiro atoms. The summed E-state index contributed by atoms with van der Waals surface area (Å²) in [6.07, 6.45) is -2.95. The van der Waals surface area contributed by atoms with Gasteiger partial charge in [0.1, 0.15) is 5.82 Å². The van der Waals surface area contributed by atoms with Gasteiger partial charge in [-0.25, -0.2) is 4.39 Å². The molecular weight excluding hydrogens is 373 g/mol. The third-order valence-corrected chi connectivity index (χ3v) is 4.11. The molecule has 0 radical (unpaired) electrons. The van der Waals surface area contributed by atoms with Crippen molar-refractivity contribution in [3.63, 3.8) is 0 Å². The van der Waals surface area contributed by atoms with Gasteiger partial charge in [0.2, 0.25) is 6.41 Å². The first-order chi connectivity index (χ1) is 13.4. The van der Waals surface area contributed by atoms with E-state index in [9.17, 15) is 18.0 Å². The number of nitrogens with zero attached hydrogens (tertiary/aromatic N) is 1. The van der Waals surface area contributed by atoms with Crippen LogP contribution in [-0.2, 0) is 22.5 Å². The number of ether oxygens (including phenoxy) is 1. The summed E-state index contributed by atoms with van der Waals surface area (Å²) in [6.45, 7) is 2.42. The number of halogens is 3. The summed E-state index contributed by atoms with van der Waals surface area (Å²) >= 11 is 0. The third kappa shape index (κ3) is 6.38. The zero-order valence-electron chi connectivity index (χ0n) is 15.2. The maximum atomic E-state index is 12.6. The minimum atomic E-state index is -3.12. The first kappa shape index (κ1) is 21.4. The lowest BCUT2D eigenvalue weighted by Gasteiger charge is -2.04. The third-order valence-electron chi connectivity index (χ3n) is 4.11. The Labute approximate surface area is 160 Å². The maximum Gasteiger partial charge on any atom is 0.383 e. The Morgan fingerprint density at radius 3 is 2.21 bits per heavy atom. The van der Waals surface area contributed by atoms with Crippen LogP contribution in [0.25, 0.3) is 0 Å². The Balaban J connectivity index is 0.000000261. The van der Waals surface area contributed by atoms with Gasteiger partial charge in [-0.15, -0.1) is 0 Å². The molecule has 1 atom stereocenters. The summed E-state index contributed by atoms with van der Waals surface area (Å²) in [5, 5.41) is 14.4. The molecule has 1 saturated heterocycles. The van der Waals surface area contributed by atoms with Crippen molar-refractivity contribution in [3.8, 4) is 0 Å². The van der Waals surface area contributed by atoms with E-state index in [1.807, 2.05) is 6.92 Å². The Morgan fingerprint density at radius 2 is 1.75 bits per heavy atom. The molecule has 5 nitrogen and oxygen atoms in total. The number of amides is 1. The molecule has 1 heterocycles. The van der Waals surface area contributed by atoms with Crippen LogP contribution in [0.1, 0.15) is 30.0 Å². The first-order valence-electron chi connectivity index (χ1n) is 8.67. The van der Waals surface area contributed by atoms with Crippen LogP contribution >= 0.6 is 0 Å². The number of oxime groups is 1. The Bertz CT molecular complexity index is 793. The standard InChI is InChI=1S/C12H12F2N2O3.C8H9F/c13-12(14)11(19-12)5-10(16-18)9-3-1-8(2-4-9)6-15-7-17;1-2-7-3-5-8(9)6-4-7/h1-4,7,11,18H,5-6H2,(H,15,17);3-6H,2H2,1H3/b16-10+;.